The largest absolute Gasteiger partial charge is 0.619 e. The van der Waals surface area contributed by atoms with Crippen molar-refractivity contribution in [3.63, 3.8) is 0 Å². The number of guanidine groups is 1. The zero-order chi connectivity index (χ0) is 18.5. The number of nitriles is 1. The van der Waals surface area contributed by atoms with E-state index in [0.29, 0.717) is 33.2 Å². The number of rotatable bonds is 4. The Labute approximate surface area is 148 Å². The molecule has 0 aliphatic carbocycles. The topological polar surface area (TPSA) is 128 Å². The van der Waals surface area contributed by atoms with Gasteiger partial charge in [0.1, 0.15) is 11.4 Å². The standard InChI is InChI=1S/C17H14N6O3/c1-25-15-7-13(4-5-14(15)16-8-20-11-26-16)23(10-18)17(19)21-12-3-2-6-22(24)9-12/h2-9,11H,1H3,(H2,19,21). The highest BCUT2D eigenvalue weighted by molar-refractivity contribution is 5.99. The predicted octanol–water partition coefficient (Wildman–Crippen LogP) is 1.92. The number of nitrogens with zero attached hydrogens (tertiary/aromatic N) is 5. The van der Waals surface area contributed by atoms with Crippen molar-refractivity contribution < 1.29 is 13.9 Å². The molecule has 0 bridgehead atoms. The van der Waals surface area contributed by atoms with Crippen LogP contribution in [0.25, 0.3) is 11.3 Å². The van der Waals surface area contributed by atoms with Gasteiger partial charge in [-0.15, -0.1) is 0 Å². The van der Waals surface area contributed by atoms with Crippen molar-refractivity contribution in [1.29, 1.82) is 5.26 Å². The van der Waals surface area contributed by atoms with Crippen LogP contribution < -0.4 is 20.1 Å². The Hall–Kier alpha value is -4.06. The third-order valence-electron chi connectivity index (χ3n) is 3.47. The van der Waals surface area contributed by atoms with Gasteiger partial charge >= 0.3 is 0 Å². The maximum absolute atomic E-state index is 11.3. The van der Waals surface area contributed by atoms with E-state index < -0.39 is 0 Å². The molecule has 2 aromatic heterocycles. The van der Waals surface area contributed by atoms with Gasteiger partial charge in [-0.3, -0.25) is 0 Å². The molecule has 9 heteroatoms. The fourth-order valence-electron chi connectivity index (χ4n) is 2.30. The van der Waals surface area contributed by atoms with Crippen LogP contribution in [0.2, 0.25) is 0 Å². The lowest BCUT2D eigenvalue weighted by Gasteiger charge is -2.16. The first-order valence-electron chi connectivity index (χ1n) is 7.42. The minimum Gasteiger partial charge on any atom is -0.619 e. The number of hydrogen-bond acceptors (Lipinski definition) is 6. The van der Waals surface area contributed by atoms with E-state index in [9.17, 15) is 10.5 Å². The van der Waals surface area contributed by atoms with Gasteiger partial charge in [0.15, 0.2) is 24.5 Å². The molecule has 0 aliphatic heterocycles. The molecule has 0 aliphatic rings. The fraction of sp³-hybridized carbons (Fsp3) is 0.0588. The third kappa shape index (κ3) is 3.39. The molecule has 0 amide bonds. The molecule has 9 nitrogen and oxygen atoms in total. The zero-order valence-electron chi connectivity index (χ0n) is 13.7. The normalized spacial score (nSPS) is 11.0. The van der Waals surface area contributed by atoms with Crippen molar-refractivity contribution in [2.24, 2.45) is 10.7 Å². The molecule has 3 rings (SSSR count). The van der Waals surface area contributed by atoms with Crippen molar-refractivity contribution in [2.45, 2.75) is 0 Å². The van der Waals surface area contributed by atoms with Gasteiger partial charge in [-0.05, 0) is 18.2 Å². The minimum atomic E-state index is -0.0897. The second kappa shape index (κ2) is 7.23. The van der Waals surface area contributed by atoms with Crippen molar-refractivity contribution in [2.75, 3.05) is 12.0 Å². The molecule has 0 saturated carbocycles. The Bertz CT molecular complexity index is 978. The summed E-state index contributed by atoms with van der Waals surface area (Å²) in [7, 11) is 1.50. The Morgan fingerprint density at radius 1 is 1.46 bits per heavy atom. The van der Waals surface area contributed by atoms with Crippen LogP contribution in [0.3, 0.4) is 0 Å². The van der Waals surface area contributed by atoms with Gasteiger partial charge in [0.2, 0.25) is 12.2 Å². The van der Waals surface area contributed by atoms with Crippen molar-refractivity contribution >= 4 is 17.3 Å². The van der Waals surface area contributed by atoms with Gasteiger partial charge in [-0.1, -0.05) is 0 Å². The third-order valence-corrected chi connectivity index (χ3v) is 3.47. The highest BCUT2D eigenvalue weighted by Gasteiger charge is 2.16. The number of anilines is 1. The fourth-order valence-corrected chi connectivity index (χ4v) is 2.30. The van der Waals surface area contributed by atoms with E-state index in [-0.39, 0.29) is 5.96 Å². The second-order valence-electron chi connectivity index (χ2n) is 5.08. The zero-order valence-corrected chi connectivity index (χ0v) is 13.7. The van der Waals surface area contributed by atoms with Crippen LogP contribution in [0.4, 0.5) is 11.4 Å². The van der Waals surface area contributed by atoms with Crippen LogP contribution in [0.5, 0.6) is 5.75 Å². The molecule has 0 spiro atoms. The maximum Gasteiger partial charge on any atom is 0.215 e. The Morgan fingerprint density at radius 3 is 2.96 bits per heavy atom. The van der Waals surface area contributed by atoms with Gasteiger partial charge < -0.3 is 20.1 Å². The first kappa shape index (κ1) is 16.8. The average Bonchev–Trinajstić information content (AvgIpc) is 3.16. The summed E-state index contributed by atoms with van der Waals surface area (Å²) in [5.41, 5.74) is 7.39. The summed E-state index contributed by atoms with van der Waals surface area (Å²) in [5, 5.41) is 20.8. The monoisotopic (exact) mass is 350 g/mol. The SMILES string of the molecule is COc1cc(N(C#N)C(N)=Nc2ccc[n+]([O-])c2)ccc1-c1cnco1. The molecule has 130 valence electrons. The second-order valence-corrected chi connectivity index (χ2v) is 5.08. The first-order chi connectivity index (χ1) is 12.6. The van der Waals surface area contributed by atoms with E-state index >= 15 is 0 Å². The van der Waals surface area contributed by atoms with E-state index in [1.807, 2.05) is 6.19 Å². The summed E-state index contributed by atoms with van der Waals surface area (Å²) in [6.45, 7) is 0. The first-order valence-corrected chi connectivity index (χ1v) is 7.42. The van der Waals surface area contributed by atoms with E-state index in [1.165, 1.54) is 32.0 Å². The lowest BCUT2D eigenvalue weighted by atomic mass is 10.1. The van der Waals surface area contributed by atoms with E-state index in [0.717, 1.165) is 4.90 Å². The quantitative estimate of drug-likeness (QED) is 0.190. The average molecular weight is 350 g/mol. The molecular formula is C17H14N6O3. The predicted molar refractivity (Wildman–Crippen MR) is 93.3 cm³/mol. The Balaban J connectivity index is 1.96. The Morgan fingerprint density at radius 2 is 2.31 bits per heavy atom. The summed E-state index contributed by atoms with van der Waals surface area (Å²) in [6.07, 6.45) is 7.40. The van der Waals surface area contributed by atoms with Crippen molar-refractivity contribution in [3.8, 4) is 23.3 Å². The smallest absolute Gasteiger partial charge is 0.215 e. The summed E-state index contributed by atoms with van der Waals surface area (Å²) in [6, 6.07) is 8.16. The summed E-state index contributed by atoms with van der Waals surface area (Å²) >= 11 is 0. The molecule has 0 unspecified atom stereocenters. The van der Waals surface area contributed by atoms with Gasteiger partial charge in [-0.2, -0.15) is 9.99 Å². The molecule has 0 saturated heterocycles. The number of aliphatic imine (C=N–C) groups is 1. The lowest BCUT2D eigenvalue weighted by Crippen LogP contribution is -2.33. The van der Waals surface area contributed by atoms with Gasteiger partial charge in [0, 0.05) is 12.1 Å². The number of ether oxygens (including phenoxy) is 1. The molecule has 2 N–H and O–H groups in total. The number of oxazole rings is 1. The van der Waals surface area contributed by atoms with Crippen LogP contribution in [-0.4, -0.2) is 18.1 Å². The molecule has 2 heterocycles. The van der Waals surface area contributed by atoms with Crippen LogP contribution >= 0.6 is 0 Å². The van der Waals surface area contributed by atoms with Gasteiger partial charge in [-0.25, -0.2) is 14.9 Å². The molecule has 0 radical (unpaired) electrons. The number of aromatic nitrogens is 2. The number of pyridine rings is 1. The highest BCUT2D eigenvalue weighted by Crippen LogP contribution is 2.33. The number of benzene rings is 1. The lowest BCUT2D eigenvalue weighted by molar-refractivity contribution is -0.604. The van der Waals surface area contributed by atoms with Gasteiger partial charge in [0.05, 0.1) is 24.6 Å². The van der Waals surface area contributed by atoms with Crippen molar-refractivity contribution in [1.82, 2.24) is 4.98 Å². The van der Waals surface area contributed by atoms with Gasteiger partial charge in [0.25, 0.3) is 0 Å². The van der Waals surface area contributed by atoms with Crippen LogP contribution in [0.15, 0.2) is 64.7 Å². The summed E-state index contributed by atoms with van der Waals surface area (Å²) in [4.78, 5) is 9.10. The molecular weight excluding hydrogens is 336 g/mol. The number of hydrogen-bond donors (Lipinski definition) is 1. The number of methoxy groups -OCH3 is 1. The highest BCUT2D eigenvalue weighted by atomic mass is 16.5. The maximum atomic E-state index is 11.3. The van der Waals surface area contributed by atoms with Crippen LogP contribution in [0, 0.1) is 16.7 Å². The van der Waals surface area contributed by atoms with E-state index in [1.54, 1.807) is 30.5 Å². The summed E-state index contributed by atoms with van der Waals surface area (Å²) in [5.74, 6) is 0.917. The molecule has 1 aromatic carbocycles. The van der Waals surface area contributed by atoms with Crippen molar-refractivity contribution in [3.05, 3.63) is 60.5 Å². The summed E-state index contributed by atoms with van der Waals surface area (Å²) < 4.78 is 11.2. The van der Waals surface area contributed by atoms with E-state index in [4.69, 9.17) is 14.9 Å². The van der Waals surface area contributed by atoms with E-state index in [2.05, 4.69) is 9.98 Å². The van der Waals surface area contributed by atoms with Crippen LogP contribution in [0.1, 0.15) is 0 Å². The minimum absolute atomic E-state index is 0.0897. The Kier molecular flexibility index (Phi) is 4.67. The molecule has 0 fully saturated rings. The molecule has 0 atom stereocenters. The van der Waals surface area contributed by atoms with Crippen LogP contribution in [-0.2, 0) is 0 Å². The number of nitrogens with two attached hydrogens (primary N) is 1. The molecule has 3 aromatic rings. The molecule has 26 heavy (non-hydrogen) atoms.